The van der Waals surface area contributed by atoms with Crippen LogP contribution in [0.2, 0.25) is 0 Å². The second kappa shape index (κ2) is 22.0. The normalized spacial score (nSPS) is 15.7. The molecule has 0 aliphatic rings. The van der Waals surface area contributed by atoms with Gasteiger partial charge < -0.3 is 20.1 Å². The third-order valence-electron chi connectivity index (χ3n) is 8.06. The van der Waals surface area contributed by atoms with Crippen LogP contribution < -0.4 is 5.11 Å². The van der Waals surface area contributed by atoms with Crippen LogP contribution in [0.4, 0.5) is 0 Å². The Morgan fingerprint density at radius 2 is 0.974 bits per heavy atom. The van der Waals surface area contributed by atoms with E-state index in [4.69, 9.17) is 0 Å². The summed E-state index contributed by atoms with van der Waals surface area (Å²) in [4.78, 5) is 36.6. The topological polar surface area (TPSA) is 115 Å². The molecule has 0 fully saturated rings. The Labute approximate surface area is 232 Å². The van der Waals surface area contributed by atoms with Crippen LogP contribution >= 0.6 is 0 Å². The van der Waals surface area contributed by atoms with E-state index < -0.39 is 40.5 Å². The van der Waals surface area contributed by atoms with Crippen LogP contribution in [-0.2, 0) is 14.4 Å². The van der Waals surface area contributed by atoms with Gasteiger partial charge in [0, 0.05) is 19.3 Å². The number of allylic oxidation sites excluding steroid dienone is 2. The third-order valence-corrected chi connectivity index (χ3v) is 8.06. The summed E-state index contributed by atoms with van der Waals surface area (Å²) in [5.74, 6) is -3.65. The summed E-state index contributed by atoms with van der Waals surface area (Å²) in [5.41, 5.74) is 0. The van der Waals surface area contributed by atoms with Gasteiger partial charge in [-0.05, 0) is 32.1 Å². The van der Waals surface area contributed by atoms with E-state index in [2.05, 4.69) is 19.1 Å². The fraction of sp³-hybridized carbons (Fsp3) is 0.839. The molecule has 0 bridgehead atoms. The molecule has 0 aliphatic heterocycles. The highest BCUT2D eigenvalue weighted by atomic mass is 16.4. The maximum absolute atomic E-state index is 12.2. The van der Waals surface area contributed by atoms with Gasteiger partial charge >= 0.3 is 11.9 Å². The fourth-order valence-electron chi connectivity index (χ4n) is 6.14. The maximum Gasteiger partial charge on any atom is 0.362 e. The van der Waals surface area contributed by atoms with Crippen LogP contribution in [0.15, 0.2) is 12.2 Å². The zero-order chi connectivity index (χ0) is 28.8. The highest BCUT2D eigenvalue weighted by molar-refractivity contribution is 5.77. The second-order valence-electron chi connectivity index (χ2n) is 10.8. The van der Waals surface area contributed by atoms with Gasteiger partial charge in [0.2, 0.25) is 0 Å². The van der Waals surface area contributed by atoms with Crippen LogP contribution in [0.25, 0.3) is 0 Å². The molecule has 0 aromatic heterocycles. The molecule has 0 aromatic carbocycles. The summed E-state index contributed by atoms with van der Waals surface area (Å²) >= 11 is 0. The first-order chi connectivity index (χ1) is 18.2. The lowest BCUT2D eigenvalue weighted by Crippen LogP contribution is -2.73. The number of carboxylic acids is 3. The van der Waals surface area contributed by atoms with E-state index >= 15 is 0 Å². The molecule has 0 spiro atoms. The average molecular weight is 540 g/mol. The van der Waals surface area contributed by atoms with Crippen molar-refractivity contribution in [2.75, 3.05) is 6.54 Å². The van der Waals surface area contributed by atoms with Crippen LogP contribution in [0.3, 0.4) is 0 Å². The summed E-state index contributed by atoms with van der Waals surface area (Å²) < 4.78 is -0.466. The lowest BCUT2D eigenvalue weighted by Gasteiger charge is -2.51. The number of quaternary nitrogens is 1. The first-order valence-electron chi connectivity index (χ1n) is 15.4. The van der Waals surface area contributed by atoms with E-state index in [-0.39, 0.29) is 25.8 Å². The summed E-state index contributed by atoms with van der Waals surface area (Å²) in [5, 5.41) is 32.1. The highest BCUT2D eigenvalue weighted by Crippen LogP contribution is 2.32. The number of hydrogen-bond acceptors (Lipinski definition) is 4. The zero-order valence-corrected chi connectivity index (χ0v) is 24.8. The van der Waals surface area contributed by atoms with Crippen molar-refractivity contribution in [3.8, 4) is 0 Å². The minimum atomic E-state index is -1.36. The number of nitrogens with zero attached hydrogens (tertiary/aromatic N) is 1. The van der Waals surface area contributed by atoms with Crippen LogP contribution in [0.5, 0.6) is 0 Å². The molecule has 0 amide bonds. The Hall–Kier alpha value is -1.89. The standard InChI is InChI=1S/C31H57NO6/c1-5-9-10-11-12-13-14-15-16-17-18-19-20-21-22-23-24-25-32(26(6-2)29(33)34,27(7-3)30(35)36)28(8-4)31(37)38/h9-10,26-28H,5-8,11-25H2,1-4H3,(H2-,33,34,35,36,37,38)/b10-9+. The quantitative estimate of drug-likeness (QED) is 0.0738. The Morgan fingerprint density at radius 3 is 1.29 bits per heavy atom. The Bertz CT molecular complexity index is 622. The van der Waals surface area contributed by atoms with Gasteiger partial charge in [-0.3, -0.25) is 4.48 Å². The van der Waals surface area contributed by atoms with Crippen LogP contribution in [0.1, 0.15) is 143 Å². The zero-order valence-electron chi connectivity index (χ0n) is 24.8. The largest absolute Gasteiger partial charge is 0.544 e. The molecule has 0 aromatic rings. The number of aliphatic carboxylic acids is 3. The molecule has 7 nitrogen and oxygen atoms in total. The highest BCUT2D eigenvalue weighted by Gasteiger charge is 2.53. The summed E-state index contributed by atoms with van der Waals surface area (Å²) in [7, 11) is 0. The van der Waals surface area contributed by atoms with E-state index in [9.17, 15) is 29.7 Å². The van der Waals surface area contributed by atoms with E-state index in [0.717, 1.165) is 25.7 Å². The number of carbonyl (C=O) groups excluding carboxylic acids is 1. The smallest absolute Gasteiger partial charge is 0.362 e. The van der Waals surface area contributed by atoms with Gasteiger partial charge in [0.25, 0.3) is 0 Å². The molecule has 3 atom stereocenters. The van der Waals surface area contributed by atoms with Crippen LogP contribution in [0, 0.1) is 0 Å². The summed E-state index contributed by atoms with van der Waals surface area (Å²) in [6.07, 6.45) is 22.4. The molecule has 0 aliphatic carbocycles. The van der Waals surface area contributed by atoms with E-state index in [1.54, 1.807) is 20.8 Å². The summed E-state index contributed by atoms with van der Waals surface area (Å²) in [6, 6.07) is -3.37. The molecule has 7 heteroatoms. The van der Waals surface area contributed by atoms with Gasteiger partial charge in [0.1, 0.15) is 6.04 Å². The van der Waals surface area contributed by atoms with Gasteiger partial charge in [-0.15, -0.1) is 0 Å². The minimum Gasteiger partial charge on any atom is -0.544 e. The molecule has 3 unspecified atom stereocenters. The van der Waals surface area contributed by atoms with Crippen molar-refractivity contribution in [3.05, 3.63) is 12.2 Å². The van der Waals surface area contributed by atoms with E-state index in [1.807, 2.05) is 0 Å². The van der Waals surface area contributed by atoms with Gasteiger partial charge in [0.05, 0.1) is 12.5 Å². The van der Waals surface area contributed by atoms with Crippen molar-refractivity contribution in [3.63, 3.8) is 0 Å². The first kappa shape index (κ1) is 36.1. The van der Waals surface area contributed by atoms with Crippen molar-refractivity contribution < 1.29 is 34.2 Å². The lowest BCUT2D eigenvalue weighted by molar-refractivity contribution is -0.974. The van der Waals surface area contributed by atoms with Crippen molar-refractivity contribution in [2.45, 2.75) is 161 Å². The molecule has 0 rings (SSSR count). The van der Waals surface area contributed by atoms with Crippen molar-refractivity contribution in [2.24, 2.45) is 0 Å². The van der Waals surface area contributed by atoms with Gasteiger partial charge in [0.15, 0.2) is 12.1 Å². The van der Waals surface area contributed by atoms with Crippen molar-refractivity contribution in [1.29, 1.82) is 0 Å². The van der Waals surface area contributed by atoms with Gasteiger partial charge in [-0.25, -0.2) is 9.59 Å². The van der Waals surface area contributed by atoms with E-state index in [1.165, 1.54) is 64.2 Å². The average Bonchev–Trinajstić information content (AvgIpc) is 2.86. The molecular weight excluding hydrogens is 482 g/mol. The number of unbranched alkanes of at least 4 members (excludes halogenated alkanes) is 13. The molecule has 0 saturated heterocycles. The second-order valence-corrected chi connectivity index (χ2v) is 10.8. The number of rotatable bonds is 26. The Kier molecular flexibility index (Phi) is 20.9. The molecule has 0 radical (unpaired) electrons. The fourth-order valence-corrected chi connectivity index (χ4v) is 6.14. The molecule has 222 valence electrons. The Morgan fingerprint density at radius 1 is 0.605 bits per heavy atom. The van der Waals surface area contributed by atoms with Crippen molar-refractivity contribution in [1.82, 2.24) is 0 Å². The Balaban J connectivity index is 4.63. The van der Waals surface area contributed by atoms with Gasteiger partial charge in [-0.1, -0.05) is 104 Å². The minimum absolute atomic E-state index is 0.131. The third kappa shape index (κ3) is 12.8. The summed E-state index contributed by atoms with van der Waals surface area (Å²) in [6.45, 7) is 7.43. The predicted octanol–water partition coefficient (Wildman–Crippen LogP) is 6.49. The maximum atomic E-state index is 12.2. The first-order valence-corrected chi connectivity index (χ1v) is 15.4. The SMILES string of the molecule is CC/C=C/CCCCCCCCCCCCCCC[N+](C(CC)C(=O)[O-])(C(CC)C(=O)O)C(CC)C(=O)O. The monoisotopic (exact) mass is 539 g/mol. The van der Waals surface area contributed by atoms with E-state index in [0.29, 0.717) is 6.42 Å². The molecule has 0 saturated carbocycles. The number of carboxylic acid groups (broad SMARTS) is 3. The van der Waals surface area contributed by atoms with Crippen molar-refractivity contribution >= 4 is 17.9 Å². The predicted molar refractivity (Wildman–Crippen MR) is 152 cm³/mol. The molecule has 2 N–H and O–H groups in total. The van der Waals surface area contributed by atoms with Crippen LogP contribution in [-0.4, -0.2) is 57.3 Å². The number of hydrogen-bond donors (Lipinski definition) is 2. The number of carbonyl (C=O) groups is 3. The lowest BCUT2D eigenvalue weighted by atomic mass is 9.93. The molecular formula is C31H57NO6. The van der Waals surface area contributed by atoms with Gasteiger partial charge in [-0.2, -0.15) is 0 Å². The molecule has 38 heavy (non-hydrogen) atoms. The molecule has 0 heterocycles.